The van der Waals surface area contributed by atoms with Crippen LogP contribution in [0.15, 0.2) is 102 Å². The smallest absolute Gasteiger partial charge is 0.336 e. The molecule has 4 rings (SSSR count). The molecule has 3 aromatic carbocycles. The number of carbonyl (C=O) groups excluding carboxylic acids is 1. The van der Waals surface area contributed by atoms with Crippen LogP contribution >= 0.6 is 0 Å². The third kappa shape index (κ3) is 3.83. The molecule has 0 fully saturated rings. The van der Waals surface area contributed by atoms with Crippen molar-refractivity contribution in [2.24, 2.45) is 0 Å². The van der Waals surface area contributed by atoms with E-state index in [1.165, 1.54) is 16.1 Å². The van der Waals surface area contributed by atoms with Crippen LogP contribution in [0, 0.1) is 0 Å². The lowest BCUT2D eigenvalue weighted by Gasteiger charge is -2.10. The molecule has 0 radical (unpaired) electrons. The van der Waals surface area contributed by atoms with Crippen LogP contribution in [0.3, 0.4) is 0 Å². The summed E-state index contributed by atoms with van der Waals surface area (Å²) < 4.78 is 33.0. The normalized spacial score (nSPS) is 11.7. The molecule has 5 nitrogen and oxygen atoms in total. The van der Waals surface area contributed by atoms with E-state index < -0.39 is 16.0 Å². The first-order chi connectivity index (χ1) is 14.1. The van der Waals surface area contributed by atoms with Crippen LogP contribution in [-0.2, 0) is 14.8 Å². The lowest BCUT2D eigenvalue weighted by Crippen LogP contribution is -2.14. The highest BCUT2D eigenvalue weighted by Crippen LogP contribution is 2.26. The molecular weight excluding hydrogens is 386 g/mol. The molecule has 0 aliphatic rings. The minimum Gasteiger partial charge on any atom is -0.423 e. The van der Waals surface area contributed by atoms with Crippen molar-refractivity contribution in [1.82, 2.24) is 3.97 Å². The Kier molecular flexibility index (Phi) is 5.01. The molecule has 0 unspecified atom stereocenters. The van der Waals surface area contributed by atoms with Gasteiger partial charge in [0, 0.05) is 11.5 Å². The van der Waals surface area contributed by atoms with Crippen molar-refractivity contribution in [2.45, 2.75) is 4.90 Å². The van der Waals surface area contributed by atoms with Crippen LogP contribution in [0.5, 0.6) is 5.75 Å². The second-order valence-corrected chi connectivity index (χ2v) is 8.06. The lowest BCUT2D eigenvalue weighted by molar-refractivity contribution is -0.128. The minimum atomic E-state index is -3.85. The Morgan fingerprint density at radius 2 is 1.45 bits per heavy atom. The van der Waals surface area contributed by atoms with Gasteiger partial charge in [-0.15, -0.1) is 0 Å². The number of rotatable bonds is 5. The third-order valence-corrected chi connectivity index (χ3v) is 6.08. The summed E-state index contributed by atoms with van der Waals surface area (Å²) in [6.45, 7) is 0. The van der Waals surface area contributed by atoms with E-state index >= 15 is 0 Å². The zero-order valence-corrected chi connectivity index (χ0v) is 16.1. The van der Waals surface area contributed by atoms with Gasteiger partial charge >= 0.3 is 5.97 Å². The molecule has 0 spiro atoms. The fraction of sp³-hybridized carbons (Fsp3) is 0. The number of benzene rings is 3. The van der Waals surface area contributed by atoms with Crippen molar-refractivity contribution in [3.63, 3.8) is 0 Å². The summed E-state index contributed by atoms with van der Waals surface area (Å²) in [5, 5.41) is 0.753. The quantitative estimate of drug-likeness (QED) is 0.280. The first-order valence-electron chi connectivity index (χ1n) is 8.92. The van der Waals surface area contributed by atoms with Crippen LogP contribution in [0.4, 0.5) is 0 Å². The number of carbonyl (C=O) groups is 1. The molecule has 0 atom stereocenters. The van der Waals surface area contributed by atoms with Crippen LogP contribution < -0.4 is 4.74 Å². The molecule has 4 aromatic rings. The summed E-state index contributed by atoms with van der Waals surface area (Å²) in [4.78, 5) is 12.3. The van der Waals surface area contributed by atoms with E-state index in [1.807, 2.05) is 18.2 Å². The summed E-state index contributed by atoms with van der Waals surface area (Å²) in [6, 6.07) is 25.8. The number of para-hydroxylation sites is 2. The van der Waals surface area contributed by atoms with Gasteiger partial charge in [0.15, 0.2) is 0 Å². The van der Waals surface area contributed by atoms with Gasteiger partial charge in [0.05, 0.1) is 16.1 Å². The second kappa shape index (κ2) is 7.77. The summed E-state index contributed by atoms with van der Waals surface area (Å²) in [5.74, 6) is -0.176. The molecule has 144 valence electrons. The maximum absolute atomic E-state index is 13.3. The van der Waals surface area contributed by atoms with Crippen molar-refractivity contribution in [3.8, 4) is 5.75 Å². The summed E-state index contributed by atoms with van der Waals surface area (Å²) in [7, 11) is -3.85. The van der Waals surface area contributed by atoms with E-state index in [0.717, 1.165) is 5.39 Å². The average Bonchev–Trinajstić information content (AvgIpc) is 3.13. The van der Waals surface area contributed by atoms with E-state index in [1.54, 1.807) is 72.8 Å². The Balaban J connectivity index is 1.75. The van der Waals surface area contributed by atoms with E-state index in [9.17, 15) is 13.2 Å². The number of aromatic nitrogens is 1. The zero-order valence-electron chi connectivity index (χ0n) is 15.3. The fourth-order valence-electron chi connectivity index (χ4n) is 3.03. The zero-order chi connectivity index (χ0) is 20.3. The van der Waals surface area contributed by atoms with Gasteiger partial charge in [-0.3, -0.25) is 0 Å². The molecule has 0 bridgehead atoms. The van der Waals surface area contributed by atoms with Crippen LogP contribution in [0.25, 0.3) is 17.0 Å². The number of ether oxygens (including phenoxy) is 1. The number of hydrogen-bond acceptors (Lipinski definition) is 4. The van der Waals surface area contributed by atoms with Crippen molar-refractivity contribution >= 4 is 33.0 Å². The first-order valence-corrected chi connectivity index (χ1v) is 10.4. The fourth-order valence-corrected chi connectivity index (χ4v) is 4.55. The Bertz CT molecular complexity index is 1290. The maximum Gasteiger partial charge on any atom is 0.336 e. The molecule has 0 aliphatic carbocycles. The molecular formula is C23H17NO4S. The van der Waals surface area contributed by atoms with Gasteiger partial charge in [0.25, 0.3) is 10.0 Å². The Hall–Kier alpha value is -3.64. The predicted octanol–water partition coefficient (Wildman–Crippen LogP) is 4.50. The molecule has 0 aliphatic heterocycles. The second-order valence-electron chi connectivity index (χ2n) is 6.28. The van der Waals surface area contributed by atoms with E-state index in [2.05, 4.69) is 0 Å². The molecule has 29 heavy (non-hydrogen) atoms. The van der Waals surface area contributed by atoms with E-state index in [0.29, 0.717) is 17.0 Å². The summed E-state index contributed by atoms with van der Waals surface area (Å²) in [6.07, 6.45) is 2.67. The van der Waals surface area contributed by atoms with Gasteiger partial charge in [-0.25, -0.2) is 17.2 Å². The highest BCUT2D eigenvalue weighted by atomic mass is 32.2. The standard InChI is InChI=1S/C23H17NO4S/c25-23(28-20-10-3-1-4-11-20)16-15-19-17-18-9-7-8-14-22(18)24(19)29(26,27)21-12-5-2-6-13-21/h1-17H/b16-15+. The van der Waals surface area contributed by atoms with Crippen molar-refractivity contribution in [3.05, 3.63) is 103 Å². The highest BCUT2D eigenvalue weighted by molar-refractivity contribution is 7.90. The van der Waals surface area contributed by atoms with Crippen molar-refractivity contribution < 1.29 is 17.9 Å². The SMILES string of the molecule is O=C(/C=C/c1cc2ccccc2n1S(=O)(=O)c1ccccc1)Oc1ccccc1. The average molecular weight is 403 g/mol. The highest BCUT2D eigenvalue weighted by Gasteiger charge is 2.21. The largest absolute Gasteiger partial charge is 0.423 e. The van der Waals surface area contributed by atoms with Gasteiger partial charge in [0.1, 0.15) is 5.75 Å². The Labute approximate surface area is 168 Å². The van der Waals surface area contributed by atoms with Gasteiger partial charge in [-0.2, -0.15) is 0 Å². The van der Waals surface area contributed by atoms with Crippen LogP contribution in [0.2, 0.25) is 0 Å². The molecule has 0 saturated heterocycles. The molecule has 0 N–H and O–H groups in total. The third-order valence-electron chi connectivity index (χ3n) is 4.33. The number of fused-ring (bicyclic) bond motifs is 1. The van der Waals surface area contributed by atoms with E-state index in [4.69, 9.17) is 4.74 Å². The maximum atomic E-state index is 13.3. The van der Waals surface area contributed by atoms with Crippen LogP contribution in [0.1, 0.15) is 5.69 Å². The van der Waals surface area contributed by atoms with Gasteiger partial charge in [0.2, 0.25) is 0 Å². The molecule has 6 heteroatoms. The molecule has 0 saturated carbocycles. The predicted molar refractivity (Wildman–Crippen MR) is 112 cm³/mol. The Morgan fingerprint density at radius 3 is 2.17 bits per heavy atom. The summed E-state index contributed by atoms with van der Waals surface area (Å²) in [5.41, 5.74) is 0.896. The monoisotopic (exact) mass is 403 g/mol. The van der Waals surface area contributed by atoms with Crippen LogP contribution in [-0.4, -0.2) is 18.4 Å². The van der Waals surface area contributed by atoms with Crippen molar-refractivity contribution in [2.75, 3.05) is 0 Å². The topological polar surface area (TPSA) is 65.4 Å². The first kappa shape index (κ1) is 18.7. The summed E-state index contributed by atoms with van der Waals surface area (Å²) >= 11 is 0. The molecule has 0 amide bonds. The number of hydrogen-bond donors (Lipinski definition) is 0. The Morgan fingerprint density at radius 1 is 0.828 bits per heavy atom. The van der Waals surface area contributed by atoms with Gasteiger partial charge in [-0.1, -0.05) is 54.6 Å². The lowest BCUT2D eigenvalue weighted by atomic mass is 10.2. The number of esters is 1. The van der Waals surface area contributed by atoms with Gasteiger partial charge in [-0.05, 0) is 42.5 Å². The molecule has 1 aromatic heterocycles. The minimum absolute atomic E-state index is 0.169. The van der Waals surface area contributed by atoms with E-state index in [-0.39, 0.29) is 4.90 Å². The van der Waals surface area contributed by atoms with Crippen molar-refractivity contribution in [1.29, 1.82) is 0 Å². The molecule has 1 heterocycles. The number of nitrogens with zero attached hydrogens (tertiary/aromatic N) is 1. The van der Waals surface area contributed by atoms with Gasteiger partial charge < -0.3 is 4.74 Å².